The summed E-state index contributed by atoms with van der Waals surface area (Å²) in [4.78, 5) is 4.22. The van der Waals surface area contributed by atoms with Gasteiger partial charge >= 0.3 is 0 Å². The summed E-state index contributed by atoms with van der Waals surface area (Å²) >= 11 is 15.2. The molecular formula is C13H8BrCl2NO. The number of aromatic hydroxyl groups is 1. The molecule has 0 fully saturated rings. The summed E-state index contributed by atoms with van der Waals surface area (Å²) in [6, 6.07) is 10.3. The van der Waals surface area contributed by atoms with Gasteiger partial charge < -0.3 is 5.11 Å². The van der Waals surface area contributed by atoms with Crippen LogP contribution in [0.3, 0.4) is 0 Å². The molecule has 1 N–H and O–H groups in total. The van der Waals surface area contributed by atoms with Gasteiger partial charge in [0.05, 0.1) is 15.7 Å². The second-order valence-electron chi connectivity index (χ2n) is 3.53. The van der Waals surface area contributed by atoms with E-state index < -0.39 is 0 Å². The van der Waals surface area contributed by atoms with Gasteiger partial charge in [-0.05, 0) is 30.3 Å². The molecular weight excluding hydrogens is 337 g/mol. The van der Waals surface area contributed by atoms with Crippen LogP contribution in [-0.2, 0) is 0 Å². The fourth-order valence-corrected chi connectivity index (χ4v) is 2.08. The summed E-state index contributed by atoms with van der Waals surface area (Å²) in [6.07, 6.45) is 1.54. The summed E-state index contributed by atoms with van der Waals surface area (Å²) in [5, 5.41) is 10.5. The van der Waals surface area contributed by atoms with Crippen LogP contribution in [0.25, 0.3) is 0 Å². The molecule has 0 aliphatic rings. The largest absolute Gasteiger partial charge is 0.507 e. The molecule has 0 heterocycles. The molecule has 0 aliphatic carbocycles. The molecule has 2 nitrogen and oxygen atoms in total. The quantitative estimate of drug-likeness (QED) is 0.745. The minimum absolute atomic E-state index is 0.153. The van der Waals surface area contributed by atoms with Crippen molar-refractivity contribution in [1.82, 2.24) is 0 Å². The predicted octanol–water partition coefficient (Wildman–Crippen LogP) is 5.21. The highest BCUT2D eigenvalue weighted by Gasteiger charge is 2.03. The van der Waals surface area contributed by atoms with Crippen LogP contribution < -0.4 is 0 Å². The highest BCUT2D eigenvalue weighted by molar-refractivity contribution is 9.10. The van der Waals surface area contributed by atoms with E-state index in [4.69, 9.17) is 23.2 Å². The molecule has 0 spiro atoms. The van der Waals surface area contributed by atoms with Gasteiger partial charge in [-0.25, -0.2) is 0 Å². The summed E-state index contributed by atoms with van der Waals surface area (Å²) in [7, 11) is 0. The molecule has 0 aromatic heterocycles. The van der Waals surface area contributed by atoms with Crippen molar-refractivity contribution in [2.75, 3.05) is 0 Å². The van der Waals surface area contributed by atoms with Gasteiger partial charge in [0.15, 0.2) is 0 Å². The zero-order chi connectivity index (χ0) is 13.1. The molecule has 0 aliphatic heterocycles. The maximum absolute atomic E-state index is 9.67. The minimum atomic E-state index is 0.153. The lowest BCUT2D eigenvalue weighted by molar-refractivity contribution is 0.474. The molecule has 0 radical (unpaired) electrons. The second-order valence-corrected chi connectivity index (χ2v) is 5.24. The van der Waals surface area contributed by atoms with E-state index in [-0.39, 0.29) is 5.75 Å². The zero-order valence-electron chi connectivity index (χ0n) is 9.07. The fraction of sp³-hybridized carbons (Fsp3) is 0. The molecule has 18 heavy (non-hydrogen) atoms. The Morgan fingerprint density at radius 1 is 1.17 bits per heavy atom. The van der Waals surface area contributed by atoms with Gasteiger partial charge in [-0.2, -0.15) is 0 Å². The predicted molar refractivity (Wildman–Crippen MR) is 79.5 cm³/mol. The van der Waals surface area contributed by atoms with Crippen molar-refractivity contribution in [3.8, 4) is 5.75 Å². The Bertz CT molecular complexity index is 610. The van der Waals surface area contributed by atoms with Crippen molar-refractivity contribution in [2.24, 2.45) is 4.99 Å². The van der Waals surface area contributed by atoms with Gasteiger partial charge in [-0.1, -0.05) is 45.2 Å². The highest BCUT2D eigenvalue weighted by atomic mass is 79.9. The lowest BCUT2D eigenvalue weighted by Gasteiger charge is -2.01. The van der Waals surface area contributed by atoms with Crippen molar-refractivity contribution in [2.45, 2.75) is 0 Å². The molecule has 0 bridgehead atoms. The maximum atomic E-state index is 9.67. The molecule has 0 atom stereocenters. The molecule has 92 valence electrons. The van der Waals surface area contributed by atoms with Crippen LogP contribution in [0.2, 0.25) is 10.0 Å². The first-order valence-electron chi connectivity index (χ1n) is 5.04. The summed E-state index contributed by atoms with van der Waals surface area (Å²) in [5.74, 6) is 0.153. The fourth-order valence-electron chi connectivity index (χ4n) is 1.36. The summed E-state index contributed by atoms with van der Waals surface area (Å²) in [6.45, 7) is 0. The maximum Gasteiger partial charge on any atom is 0.124 e. The van der Waals surface area contributed by atoms with E-state index >= 15 is 0 Å². The molecule has 2 aromatic carbocycles. The van der Waals surface area contributed by atoms with Crippen LogP contribution in [0, 0.1) is 0 Å². The van der Waals surface area contributed by atoms with E-state index in [9.17, 15) is 5.11 Å². The number of aliphatic imine (C=N–C) groups is 1. The number of halogens is 3. The van der Waals surface area contributed by atoms with Crippen molar-refractivity contribution in [3.05, 3.63) is 56.5 Å². The van der Waals surface area contributed by atoms with Crippen molar-refractivity contribution >= 4 is 51.0 Å². The van der Waals surface area contributed by atoms with Crippen LogP contribution >= 0.6 is 39.1 Å². The van der Waals surface area contributed by atoms with E-state index in [2.05, 4.69) is 20.9 Å². The number of hydrogen-bond acceptors (Lipinski definition) is 2. The Morgan fingerprint density at radius 2 is 1.94 bits per heavy atom. The number of benzene rings is 2. The Hall–Kier alpha value is -1.03. The molecule has 2 rings (SSSR count). The number of phenols is 1. The average Bonchev–Trinajstić information content (AvgIpc) is 2.35. The summed E-state index contributed by atoms with van der Waals surface area (Å²) < 4.78 is 0.860. The highest BCUT2D eigenvalue weighted by Crippen LogP contribution is 2.32. The van der Waals surface area contributed by atoms with Gasteiger partial charge in [-0.15, -0.1) is 0 Å². The molecule has 0 saturated carbocycles. The lowest BCUT2D eigenvalue weighted by atomic mass is 10.2. The molecule has 0 saturated heterocycles. The van der Waals surface area contributed by atoms with Crippen molar-refractivity contribution in [3.63, 3.8) is 0 Å². The van der Waals surface area contributed by atoms with E-state index in [1.807, 2.05) is 0 Å². The van der Waals surface area contributed by atoms with Gasteiger partial charge in [0.1, 0.15) is 5.75 Å². The third-order valence-electron chi connectivity index (χ3n) is 2.26. The number of rotatable bonds is 2. The monoisotopic (exact) mass is 343 g/mol. The number of hydrogen-bond donors (Lipinski definition) is 1. The Kier molecular flexibility index (Phi) is 4.27. The second kappa shape index (κ2) is 5.74. The first-order chi connectivity index (χ1) is 8.58. The zero-order valence-corrected chi connectivity index (χ0v) is 12.2. The Labute approximate surface area is 123 Å². The van der Waals surface area contributed by atoms with Crippen molar-refractivity contribution < 1.29 is 5.11 Å². The van der Waals surface area contributed by atoms with Crippen LogP contribution in [0.15, 0.2) is 45.9 Å². The Morgan fingerprint density at radius 3 is 2.72 bits per heavy atom. The number of nitrogens with zero attached hydrogens (tertiary/aromatic N) is 1. The van der Waals surface area contributed by atoms with Crippen LogP contribution in [-0.4, -0.2) is 11.3 Å². The van der Waals surface area contributed by atoms with E-state index in [1.165, 1.54) is 6.21 Å². The smallest absolute Gasteiger partial charge is 0.124 e. The third-order valence-corrected chi connectivity index (χ3v) is 3.57. The van der Waals surface area contributed by atoms with Gasteiger partial charge in [-0.3, -0.25) is 4.99 Å². The van der Waals surface area contributed by atoms with Crippen LogP contribution in [0.1, 0.15) is 5.56 Å². The lowest BCUT2D eigenvalue weighted by Crippen LogP contribution is -1.82. The number of phenolic OH excluding ortho intramolecular Hbond substituents is 1. The van der Waals surface area contributed by atoms with Gasteiger partial charge in [0.2, 0.25) is 0 Å². The topological polar surface area (TPSA) is 32.6 Å². The van der Waals surface area contributed by atoms with E-state index in [0.717, 1.165) is 4.47 Å². The van der Waals surface area contributed by atoms with Crippen molar-refractivity contribution in [1.29, 1.82) is 0 Å². The SMILES string of the molecule is Oc1ccc(Br)cc1C=Nc1cccc(Cl)c1Cl. The molecule has 2 aromatic rings. The standard InChI is InChI=1S/C13H8BrCl2NO/c14-9-4-5-12(18)8(6-9)7-17-11-3-1-2-10(15)13(11)16/h1-7,18H. The van der Waals surface area contributed by atoms with E-state index in [1.54, 1.807) is 36.4 Å². The third kappa shape index (κ3) is 3.05. The first-order valence-corrected chi connectivity index (χ1v) is 6.59. The minimum Gasteiger partial charge on any atom is -0.507 e. The Balaban J connectivity index is 2.36. The van der Waals surface area contributed by atoms with Gasteiger partial charge in [0, 0.05) is 16.3 Å². The molecule has 0 amide bonds. The van der Waals surface area contributed by atoms with Crippen LogP contribution in [0.5, 0.6) is 5.75 Å². The first kappa shape index (κ1) is 13.4. The normalized spacial score (nSPS) is 11.1. The molecule has 0 unspecified atom stereocenters. The van der Waals surface area contributed by atoms with Crippen LogP contribution in [0.4, 0.5) is 5.69 Å². The van der Waals surface area contributed by atoms with Gasteiger partial charge in [0.25, 0.3) is 0 Å². The average molecular weight is 345 g/mol. The van der Waals surface area contributed by atoms with E-state index in [0.29, 0.717) is 21.3 Å². The molecule has 5 heteroatoms. The summed E-state index contributed by atoms with van der Waals surface area (Å²) in [5.41, 5.74) is 1.16.